The lowest BCUT2D eigenvalue weighted by molar-refractivity contribution is 0.102. The normalized spacial score (nSPS) is 10.2. The van der Waals surface area contributed by atoms with Crippen molar-refractivity contribution in [1.82, 2.24) is 0 Å². The highest BCUT2D eigenvalue weighted by Crippen LogP contribution is 2.25. The van der Waals surface area contributed by atoms with E-state index in [1.807, 2.05) is 61.5 Å². The van der Waals surface area contributed by atoms with Gasteiger partial charge < -0.3 is 14.8 Å². The van der Waals surface area contributed by atoms with Crippen LogP contribution in [0.15, 0.2) is 91.0 Å². The molecule has 0 bridgehead atoms. The molecule has 1 amide bonds. The van der Waals surface area contributed by atoms with Crippen LogP contribution in [0.4, 0.5) is 5.69 Å². The van der Waals surface area contributed by atoms with Crippen molar-refractivity contribution in [3.63, 3.8) is 0 Å². The van der Waals surface area contributed by atoms with Crippen molar-refractivity contribution in [1.29, 1.82) is 0 Å². The largest absolute Gasteiger partial charge is 0.493 e. The van der Waals surface area contributed by atoms with Crippen LogP contribution >= 0.6 is 0 Å². The Balaban J connectivity index is 1.61. The third-order valence-electron chi connectivity index (χ3n) is 4.21. The van der Waals surface area contributed by atoms with Crippen LogP contribution in [0.3, 0.4) is 0 Å². The number of carbonyl (C=O) groups is 1. The van der Waals surface area contributed by atoms with Crippen LogP contribution in [0.5, 0.6) is 11.5 Å². The number of anilines is 1. The first-order valence-electron chi connectivity index (χ1n) is 9.56. The standard InChI is InChI=1S/C25H25NO3/c1-19(2)18-29-24-14-7-6-13-23(24)26-25(27)21-11-8-12-22(17-21)28-16-15-20-9-4-3-5-10-20/h3-14,17H,1,15-16,18H2,2H3,(H,26,27). The molecule has 4 heteroatoms. The number of ether oxygens (including phenoxy) is 2. The molecule has 4 nitrogen and oxygen atoms in total. The monoisotopic (exact) mass is 387 g/mol. The highest BCUT2D eigenvalue weighted by atomic mass is 16.5. The molecule has 3 aromatic carbocycles. The molecule has 0 radical (unpaired) electrons. The summed E-state index contributed by atoms with van der Waals surface area (Å²) in [5, 5.41) is 2.91. The second-order valence-electron chi connectivity index (χ2n) is 6.81. The number of hydrogen-bond acceptors (Lipinski definition) is 3. The molecule has 0 aliphatic heterocycles. The third kappa shape index (κ3) is 6.25. The Morgan fingerprint density at radius 3 is 2.48 bits per heavy atom. The van der Waals surface area contributed by atoms with E-state index in [9.17, 15) is 4.79 Å². The van der Waals surface area contributed by atoms with Gasteiger partial charge in [0.05, 0.1) is 12.3 Å². The van der Waals surface area contributed by atoms with Gasteiger partial charge in [-0.2, -0.15) is 0 Å². The Morgan fingerprint density at radius 1 is 0.931 bits per heavy atom. The molecule has 0 aromatic heterocycles. The quantitative estimate of drug-likeness (QED) is 0.492. The number of para-hydroxylation sites is 2. The molecule has 0 saturated carbocycles. The minimum atomic E-state index is -0.218. The van der Waals surface area contributed by atoms with Crippen LogP contribution in [-0.4, -0.2) is 19.1 Å². The third-order valence-corrected chi connectivity index (χ3v) is 4.21. The fraction of sp³-hybridized carbons (Fsp3) is 0.160. The SMILES string of the molecule is C=C(C)COc1ccccc1NC(=O)c1cccc(OCCc2ccccc2)c1. The van der Waals surface area contributed by atoms with Crippen molar-refractivity contribution < 1.29 is 14.3 Å². The molecule has 0 atom stereocenters. The molecule has 0 aliphatic carbocycles. The van der Waals surface area contributed by atoms with Crippen molar-refractivity contribution in [2.24, 2.45) is 0 Å². The molecule has 3 aromatic rings. The highest BCUT2D eigenvalue weighted by molar-refractivity contribution is 6.05. The van der Waals surface area contributed by atoms with Crippen LogP contribution in [0, 0.1) is 0 Å². The van der Waals surface area contributed by atoms with Gasteiger partial charge in [-0.15, -0.1) is 0 Å². The molecule has 0 heterocycles. The molecule has 3 rings (SSSR count). The van der Waals surface area contributed by atoms with Crippen LogP contribution in [0.2, 0.25) is 0 Å². The van der Waals surface area contributed by atoms with E-state index in [0.717, 1.165) is 12.0 Å². The first kappa shape index (κ1) is 20.2. The van der Waals surface area contributed by atoms with E-state index >= 15 is 0 Å². The van der Waals surface area contributed by atoms with Gasteiger partial charge in [0.1, 0.15) is 18.1 Å². The van der Waals surface area contributed by atoms with Gasteiger partial charge in [-0.05, 0) is 48.4 Å². The minimum absolute atomic E-state index is 0.218. The fourth-order valence-corrected chi connectivity index (χ4v) is 2.75. The Kier molecular flexibility index (Phi) is 7.06. The smallest absolute Gasteiger partial charge is 0.255 e. The molecule has 0 spiro atoms. The predicted molar refractivity (Wildman–Crippen MR) is 117 cm³/mol. The Bertz CT molecular complexity index is 967. The summed E-state index contributed by atoms with van der Waals surface area (Å²) in [6.45, 7) is 6.68. The fourth-order valence-electron chi connectivity index (χ4n) is 2.75. The van der Waals surface area contributed by atoms with E-state index in [1.54, 1.807) is 12.1 Å². The van der Waals surface area contributed by atoms with Crippen LogP contribution < -0.4 is 14.8 Å². The number of benzene rings is 3. The molecular formula is C25H25NO3. The molecule has 0 aliphatic rings. The maximum Gasteiger partial charge on any atom is 0.255 e. The average Bonchev–Trinajstić information content (AvgIpc) is 2.74. The zero-order valence-corrected chi connectivity index (χ0v) is 16.6. The summed E-state index contributed by atoms with van der Waals surface area (Å²) in [6, 6.07) is 24.7. The summed E-state index contributed by atoms with van der Waals surface area (Å²) in [6.07, 6.45) is 0.810. The van der Waals surface area contributed by atoms with Crippen molar-refractivity contribution in [2.45, 2.75) is 13.3 Å². The Morgan fingerprint density at radius 2 is 1.69 bits per heavy atom. The van der Waals surface area contributed by atoms with Gasteiger partial charge >= 0.3 is 0 Å². The van der Waals surface area contributed by atoms with Crippen molar-refractivity contribution in [2.75, 3.05) is 18.5 Å². The van der Waals surface area contributed by atoms with Gasteiger partial charge in [-0.1, -0.05) is 55.1 Å². The molecule has 0 saturated heterocycles. The highest BCUT2D eigenvalue weighted by Gasteiger charge is 2.11. The first-order chi connectivity index (χ1) is 14.1. The summed E-state index contributed by atoms with van der Waals surface area (Å²) >= 11 is 0. The van der Waals surface area contributed by atoms with Gasteiger partial charge in [0.25, 0.3) is 5.91 Å². The first-order valence-corrected chi connectivity index (χ1v) is 9.56. The predicted octanol–water partition coefficient (Wildman–Crippen LogP) is 5.52. The molecular weight excluding hydrogens is 362 g/mol. The van der Waals surface area contributed by atoms with Gasteiger partial charge in [-0.25, -0.2) is 0 Å². The van der Waals surface area contributed by atoms with Gasteiger partial charge in [0, 0.05) is 12.0 Å². The van der Waals surface area contributed by atoms with Crippen molar-refractivity contribution in [3.05, 3.63) is 102 Å². The number of rotatable bonds is 9. The van der Waals surface area contributed by atoms with Crippen molar-refractivity contribution >= 4 is 11.6 Å². The van der Waals surface area contributed by atoms with E-state index < -0.39 is 0 Å². The maximum atomic E-state index is 12.7. The zero-order valence-electron chi connectivity index (χ0n) is 16.6. The second-order valence-corrected chi connectivity index (χ2v) is 6.81. The number of nitrogens with one attached hydrogen (secondary N) is 1. The number of hydrogen-bond donors (Lipinski definition) is 1. The van der Waals surface area contributed by atoms with E-state index in [-0.39, 0.29) is 5.91 Å². The number of carbonyl (C=O) groups excluding carboxylic acids is 1. The lowest BCUT2D eigenvalue weighted by Crippen LogP contribution is -2.13. The van der Waals surface area contributed by atoms with Gasteiger partial charge in [-0.3, -0.25) is 4.79 Å². The molecule has 1 N–H and O–H groups in total. The molecule has 0 fully saturated rings. The van der Waals surface area contributed by atoms with E-state index in [1.165, 1.54) is 5.56 Å². The van der Waals surface area contributed by atoms with E-state index in [0.29, 0.717) is 36.0 Å². The summed E-state index contributed by atoms with van der Waals surface area (Å²) in [5.74, 6) is 1.06. The van der Waals surface area contributed by atoms with Crippen molar-refractivity contribution in [3.8, 4) is 11.5 Å². The van der Waals surface area contributed by atoms with Gasteiger partial charge in [0.2, 0.25) is 0 Å². The van der Waals surface area contributed by atoms with Gasteiger partial charge in [0.15, 0.2) is 0 Å². The van der Waals surface area contributed by atoms with Crippen LogP contribution in [0.1, 0.15) is 22.8 Å². The Hall–Kier alpha value is -3.53. The topological polar surface area (TPSA) is 47.6 Å². The minimum Gasteiger partial charge on any atom is -0.493 e. The zero-order chi connectivity index (χ0) is 20.5. The molecule has 29 heavy (non-hydrogen) atoms. The summed E-state index contributed by atoms with van der Waals surface area (Å²) < 4.78 is 11.5. The summed E-state index contributed by atoms with van der Waals surface area (Å²) in [4.78, 5) is 12.7. The lowest BCUT2D eigenvalue weighted by Gasteiger charge is -2.13. The van der Waals surface area contributed by atoms with E-state index in [4.69, 9.17) is 9.47 Å². The lowest BCUT2D eigenvalue weighted by atomic mass is 10.1. The summed E-state index contributed by atoms with van der Waals surface area (Å²) in [5.41, 5.74) is 3.27. The molecule has 0 unspecified atom stereocenters. The summed E-state index contributed by atoms with van der Waals surface area (Å²) in [7, 11) is 0. The molecule has 148 valence electrons. The van der Waals surface area contributed by atoms with E-state index in [2.05, 4.69) is 24.0 Å². The Labute approximate surface area is 171 Å². The number of amides is 1. The van der Waals surface area contributed by atoms with Crippen LogP contribution in [0.25, 0.3) is 0 Å². The maximum absolute atomic E-state index is 12.7. The van der Waals surface area contributed by atoms with Crippen LogP contribution in [-0.2, 0) is 6.42 Å². The average molecular weight is 387 g/mol. The second kappa shape index (κ2) is 10.1.